The second-order valence-electron chi connectivity index (χ2n) is 2.82. The van der Waals surface area contributed by atoms with E-state index in [1.807, 2.05) is 19.1 Å². The molecule has 0 unspecified atom stereocenters. The molecule has 1 aromatic carbocycles. The number of nitrogens with one attached hydrogen (secondary N) is 1. The van der Waals surface area contributed by atoms with Gasteiger partial charge in [0.2, 0.25) is 0 Å². The molecule has 1 N–H and O–H groups in total. The molecule has 0 spiro atoms. The summed E-state index contributed by atoms with van der Waals surface area (Å²) >= 11 is 0. The molecule has 1 rings (SSSR count). The predicted octanol–water partition coefficient (Wildman–Crippen LogP) is 2.00. The van der Waals surface area contributed by atoms with Crippen LogP contribution in [0.2, 0.25) is 0 Å². The maximum absolute atomic E-state index is 12.8. The van der Waals surface area contributed by atoms with Crippen LogP contribution in [0.3, 0.4) is 0 Å². The van der Waals surface area contributed by atoms with Crippen molar-refractivity contribution >= 4 is 0 Å². The van der Waals surface area contributed by atoms with Crippen molar-refractivity contribution in [2.75, 3.05) is 6.54 Å². The highest BCUT2D eigenvalue weighted by Gasteiger charge is 2.03. The Labute approximate surface area is 77.0 Å². The van der Waals surface area contributed by atoms with Gasteiger partial charge in [-0.1, -0.05) is 12.1 Å². The molecular formula is C10H11FN2. The average Bonchev–Trinajstić information content (AvgIpc) is 2.14. The van der Waals surface area contributed by atoms with Crippen LogP contribution in [0.15, 0.2) is 24.3 Å². The summed E-state index contributed by atoms with van der Waals surface area (Å²) in [4.78, 5) is 0. The second-order valence-corrected chi connectivity index (χ2v) is 2.82. The van der Waals surface area contributed by atoms with Crippen LogP contribution in [0.4, 0.5) is 4.39 Å². The molecule has 1 atom stereocenters. The zero-order valence-corrected chi connectivity index (χ0v) is 7.42. The number of rotatable bonds is 3. The first-order valence-corrected chi connectivity index (χ1v) is 4.10. The van der Waals surface area contributed by atoms with Crippen molar-refractivity contribution < 1.29 is 4.39 Å². The number of nitriles is 1. The van der Waals surface area contributed by atoms with E-state index in [4.69, 9.17) is 5.26 Å². The second kappa shape index (κ2) is 4.58. The van der Waals surface area contributed by atoms with Crippen molar-refractivity contribution in [3.05, 3.63) is 35.6 Å². The van der Waals surface area contributed by atoms with Gasteiger partial charge in [0, 0.05) is 6.04 Å². The maximum atomic E-state index is 12.8. The lowest BCUT2D eigenvalue weighted by Crippen LogP contribution is -2.18. The van der Waals surface area contributed by atoms with Gasteiger partial charge in [-0.15, -0.1) is 0 Å². The Morgan fingerprint density at radius 1 is 1.62 bits per heavy atom. The van der Waals surface area contributed by atoms with Crippen LogP contribution in [0.5, 0.6) is 0 Å². The van der Waals surface area contributed by atoms with E-state index in [2.05, 4.69) is 5.32 Å². The number of benzene rings is 1. The average molecular weight is 178 g/mol. The summed E-state index contributed by atoms with van der Waals surface area (Å²) in [7, 11) is 0. The Morgan fingerprint density at radius 2 is 2.38 bits per heavy atom. The van der Waals surface area contributed by atoms with Crippen LogP contribution in [0.25, 0.3) is 0 Å². The van der Waals surface area contributed by atoms with Gasteiger partial charge >= 0.3 is 0 Å². The molecule has 0 radical (unpaired) electrons. The lowest BCUT2D eigenvalue weighted by molar-refractivity contribution is 0.597. The highest BCUT2D eigenvalue weighted by Crippen LogP contribution is 2.12. The first-order chi connectivity index (χ1) is 6.24. The Balaban J connectivity index is 2.66. The largest absolute Gasteiger partial charge is 0.298 e. The van der Waals surface area contributed by atoms with Crippen molar-refractivity contribution in [2.45, 2.75) is 13.0 Å². The van der Waals surface area contributed by atoms with E-state index in [9.17, 15) is 4.39 Å². The van der Waals surface area contributed by atoms with Gasteiger partial charge in [0.05, 0.1) is 12.6 Å². The number of hydrogen-bond acceptors (Lipinski definition) is 2. The summed E-state index contributed by atoms with van der Waals surface area (Å²) in [5.74, 6) is -0.247. The van der Waals surface area contributed by atoms with Gasteiger partial charge < -0.3 is 0 Å². The first kappa shape index (κ1) is 9.69. The van der Waals surface area contributed by atoms with Gasteiger partial charge in [-0.05, 0) is 24.6 Å². The van der Waals surface area contributed by atoms with Crippen LogP contribution in [0.1, 0.15) is 18.5 Å². The van der Waals surface area contributed by atoms with Crippen molar-refractivity contribution in [3.8, 4) is 6.07 Å². The molecule has 0 aliphatic carbocycles. The summed E-state index contributed by atoms with van der Waals surface area (Å²) in [6, 6.07) is 8.35. The first-order valence-electron chi connectivity index (χ1n) is 4.10. The van der Waals surface area contributed by atoms with Crippen molar-refractivity contribution in [3.63, 3.8) is 0 Å². The van der Waals surface area contributed by atoms with Crippen LogP contribution >= 0.6 is 0 Å². The fraction of sp³-hybridized carbons (Fsp3) is 0.300. The molecule has 2 nitrogen and oxygen atoms in total. The van der Waals surface area contributed by atoms with Crippen molar-refractivity contribution in [1.29, 1.82) is 5.26 Å². The fourth-order valence-corrected chi connectivity index (χ4v) is 1.09. The molecular weight excluding hydrogens is 167 g/mol. The van der Waals surface area contributed by atoms with Gasteiger partial charge in [0.1, 0.15) is 5.82 Å². The van der Waals surface area contributed by atoms with Gasteiger partial charge in [-0.3, -0.25) is 5.32 Å². The minimum absolute atomic E-state index is 0.00958. The molecule has 0 amide bonds. The molecule has 0 fully saturated rings. The SMILES string of the molecule is C[C@@H](NCC#N)c1cccc(F)c1. The molecule has 68 valence electrons. The van der Waals surface area contributed by atoms with E-state index in [0.29, 0.717) is 0 Å². The molecule has 13 heavy (non-hydrogen) atoms. The standard InChI is InChI=1S/C10H11FN2/c1-8(13-6-5-12)9-3-2-4-10(11)7-9/h2-4,7-8,13H,6H2,1H3/t8-/m1/s1. The summed E-state index contributed by atoms with van der Waals surface area (Å²) in [6.07, 6.45) is 0. The van der Waals surface area contributed by atoms with E-state index in [1.165, 1.54) is 12.1 Å². The van der Waals surface area contributed by atoms with Crippen LogP contribution in [0, 0.1) is 17.1 Å². The van der Waals surface area contributed by atoms with Gasteiger partial charge in [0.15, 0.2) is 0 Å². The van der Waals surface area contributed by atoms with Gasteiger partial charge in [-0.2, -0.15) is 5.26 Å². The molecule has 1 aromatic rings. The van der Waals surface area contributed by atoms with E-state index < -0.39 is 0 Å². The van der Waals surface area contributed by atoms with Gasteiger partial charge in [-0.25, -0.2) is 4.39 Å². The minimum Gasteiger partial charge on any atom is -0.298 e. The Hall–Kier alpha value is -1.40. The Morgan fingerprint density at radius 3 is 3.00 bits per heavy atom. The van der Waals surface area contributed by atoms with Crippen molar-refractivity contribution in [2.24, 2.45) is 0 Å². The number of halogens is 1. The quantitative estimate of drug-likeness (QED) is 0.718. The smallest absolute Gasteiger partial charge is 0.123 e. The topological polar surface area (TPSA) is 35.8 Å². The summed E-state index contributed by atoms with van der Waals surface area (Å²) in [5, 5.41) is 11.3. The summed E-state index contributed by atoms with van der Waals surface area (Å²) in [6.45, 7) is 2.17. The molecule has 0 saturated heterocycles. The van der Waals surface area contributed by atoms with Crippen LogP contribution in [-0.4, -0.2) is 6.54 Å². The molecule has 0 aliphatic rings. The molecule has 0 aromatic heterocycles. The van der Waals surface area contributed by atoms with E-state index >= 15 is 0 Å². The Bertz CT molecular complexity index is 317. The van der Waals surface area contributed by atoms with Crippen LogP contribution in [-0.2, 0) is 0 Å². The Kier molecular flexibility index (Phi) is 3.41. The highest BCUT2D eigenvalue weighted by molar-refractivity contribution is 5.19. The van der Waals surface area contributed by atoms with Gasteiger partial charge in [0.25, 0.3) is 0 Å². The van der Waals surface area contributed by atoms with E-state index in [-0.39, 0.29) is 18.4 Å². The van der Waals surface area contributed by atoms with Crippen molar-refractivity contribution in [1.82, 2.24) is 5.32 Å². The monoisotopic (exact) mass is 178 g/mol. The van der Waals surface area contributed by atoms with E-state index in [0.717, 1.165) is 5.56 Å². The van der Waals surface area contributed by atoms with E-state index in [1.54, 1.807) is 6.07 Å². The third-order valence-electron chi connectivity index (χ3n) is 1.84. The predicted molar refractivity (Wildman–Crippen MR) is 48.4 cm³/mol. The molecule has 3 heteroatoms. The van der Waals surface area contributed by atoms with Crippen LogP contribution < -0.4 is 5.32 Å². The molecule has 0 heterocycles. The summed E-state index contributed by atoms with van der Waals surface area (Å²) < 4.78 is 12.8. The maximum Gasteiger partial charge on any atom is 0.123 e. The lowest BCUT2D eigenvalue weighted by Gasteiger charge is -2.11. The third kappa shape index (κ3) is 2.85. The third-order valence-corrected chi connectivity index (χ3v) is 1.84. The molecule has 0 aliphatic heterocycles. The number of nitrogens with zero attached hydrogens (tertiary/aromatic N) is 1. The fourth-order valence-electron chi connectivity index (χ4n) is 1.09. The number of hydrogen-bond donors (Lipinski definition) is 1. The minimum atomic E-state index is -0.247. The zero-order chi connectivity index (χ0) is 9.68. The summed E-state index contributed by atoms with van der Waals surface area (Å²) in [5.41, 5.74) is 0.857. The molecule has 0 saturated carbocycles. The highest BCUT2D eigenvalue weighted by atomic mass is 19.1. The zero-order valence-electron chi connectivity index (χ0n) is 7.42. The molecule has 0 bridgehead atoms. The lowest BCUT2D eigenvalue weighted by atomic mass is 10.1. The normalized spacial score (nSPS) is 12.1.